The Kier molecular flexibility index (Phi) is 4.79. The first kappa shape index (κ1) is 15.0. The summed E-state index contributed by atoms with van der Waals surface area (Å²) in [6.45, 7) is 6.67. The van der Waals surface area contributed by atoms with E-state index in [2.05, 4.69) is 36.5 Å². The Morgan fingerprint density at radius 3 is 2.40 bits per heavy atom. The molecule has 1 nitrogen and oxygen atoms in total. The lowest BCUT2D eigenvalue weighted by Crippen LogP contribution is -2.22. The molecule has 0 saturated heterocycles. The molecule has 0 aromatic heterocycles. The Morgan fingerprint density at radius 2 is 1.80 bits per heavy atom. The fraction of sp³-hybridized carbons (Fsp3) is 0.294. The molecule has 0 bridgehead atoms. The Bertz CT molecular complexity index is 593. The quantitative estimate of drug-likeness (QED) is 0.853. The lowest BCUT2D eigenvalue weighted by Gasteiger charge is -2.21. The highest BCUT2D eigenvalue weighted by atomic mass is 35.5. The summed E-state index contributed by atoms with van der Waals surface area (Å²) >= 11 is 6.23. The molecule has 0 aliphatic carbocycles. The molecule has 0 saturated carbocycles. The summed E-state index contributed by atoms with van der Waals surface area (Å²) in [5.74, 6) is -0.266. The van der Waals surface area contributed by atoms with E-state index in [1.165, 1.54) is 11.6 Å². The molecule has 0 heterocycles. The van der Waals surface area contributed by atoms with Crippen molar-refractivity contribution < 1.29 is 4.39 Å². The van der Waals surface area contributed by atoms with E-state index in [-0.39, 0.29) is 11.9 Å². The maximum Gasteiger partial charge on any atom is 0.127 e. The summed E-state index contributed by atoms with van der Waals surface area (Å²) in [4.78, 5) is 0. The molecule has 2 rings (SSSR count). The van der Waals surface area contributed by atoms with E-state index in [9.17, 15) is 4.39 Å². The van der Waals surface area contributed by atoms with Crippen LogP contribution in [0.25, 0.3) is 0 Å². The number of rotatable bonds is 4. The van der Waals surface area contributed by atoms with Crippen LogP contribution in [0.2, 0.25) is 5.02 Å². The van der Waals surface area contributed by atoms with Crippen LogP contribution in [0.3, 0.4) is 0 Å². The Labute approximate surface area is 124 Å². The fourth-order valence-electron chi connectivity index (χ4n) is 2.27. The second kappa shape index (κ2) is 6.38. The highest BCUT2D eigenvalue weighted by Crippen LogP contribution is 2.30. The minimum absolute atomic E-state index is 0.0209. The van der Waals surface area contributed by atoms with Crippen molar-refractivity contribution in [3.8, 4) is 0 Å². The standard InChI is InChI=1S/C17H19ClFN/c1-4-20-17(13-7-5-11(2)6-8-13)14-9-12(3)16(19)10-15(14)18/h5-10,17,20H,4H2,1-3H3. The molecular formula is C17H19ClFN. The molecule has 106 valence electrons. The van der Waals surface area contributed by atoms with Gasteiger partial charge in [-0.05, 0) is 49.2 Å². The largest absolute Gasteiger partial charge is 0.306 e. The van der Waals surface area contributed by atoms with E-state index < -0.39 is 0 Å². The van der Waals surface area contributed by atoms with Gasteiger partial charge in [0.25, 0.3) is 0 Å². The monoisotopic (exact) mass is 291 g/mol. The average Bonchev–Trinajstić information content (AvgIpc) is 2.42. The number of nitrogens with one attached hydrogen (secondary N) is 1. The molecule has 0 spiro atoms. The number of aryl methyl sites for hydroxylation is 2. The van der Waals surface area contributed by atoms with Gasteiger partial charge in [-0.3, -0.25) is 0 Å². The van der Waals surface area contributed by atoms with E-state index in [0.717, 1.165) is 17.7 Å². The second-order valence-electron chi connectivity index (χ2n) is 5.02. The van der Waals surface area contributed by atoms with Crippen LogP contribution in [0.1, 0.15) is 35.2 Å². The first-order valence-electron chi connectivity index (χ1n) is 6.78. The molecule has 0 aliphatic heterocycles. The summed E-state index contributed by atoms with van der Waals surface area (Å²) in [6, 6.07) is 11.5. The van der Waals surface area contributed by atoms with Gasteiger partial charge in [-0.1, -0.05) is 48.4 Å². The Morgan fingerprint density at radius 1 is 1.15 bits per heavy atom. The number of halogens is 2. The molecule has 1 N–H and O–H groups in total. The topological polar surface area (TPSA) is 12.0 Å². The van der Waals surface area contributed by atoms with E-state index in [0.29, 0.717) is 10.6 Å². The normalized spacial score (nSPS) is 12.4. The van der Waals surface area contributed by atoms with E-state index in [1.54, 1.807) is 6.92 Å². The van der Waals surface area contributed by atoms with Gasteiger partial charge in [0.15, 0.2) is 0 Å². The van der Waals surface area contributed by atoms with Crippen LogP contribution in [-0.4, -0.2) is 6.54 Å². The van der Waals surface area contributed by atoms with Gasteiger partial charge in [-0.25, -0.2) is 4.39 Å². The van der Waals surface area contributed by atoms with Crippen molar-refractivity contribution in [2.75, 3.05) is 6.54 Å². The van der Waals surface area contributed by atoms with Crippen molar-refractivity contribution in [2.24, 2.45) is 0 Å². The predicted octanol–water partition coefficient (Wildman–Crippen LogP) is 4.79. The molecule has 2 aromatic rings. The summed E-state index contributed by atoms with van der Waals surface area (Å²) in [7, 11) is 0. The van der Waals surface area contributed by atoms with Crippen LogP contribution >= 0.6 is 11.6 Å². The molecule has 0 fully saturated rings. The third-order valence-electron chi connectivity index (χ3n) is 3.41. The molecule has 0 radical (unpaired) electrons. The highest BCUT2D eigenvalue weighted by molar-refractivity contribution is 6.31. The van der Waals surface area contributed by atoms with Gasteiger partial charge in [0.1, 0.15) is 5.82 Å². The van der Waals surface area contributed by atoms with E-state index in [4.69, 9.17) is 11.6 Å². The molecule has 20 heavy (non-hydrogen) atoms. The van der Waals surface area contributed by atoms with Crippen molar-refractivity contribution in [2.45, 2.75) is 26.8 Å². The van der Waals surface area contributed by atoms with Gasteiger partial charge in [0.05, 0.1) is 6.04 Å². The maximum atomic E-state index is 13.6. The van der Waals surface area contributed by atoms with Crippen molar-refractivity contribution >= 4 is 11.6 Å². The number of hydrogen-bond acceptors (Lipinski definition) is 1. The maximum absolute atomic E-state index is 13.6. The zero-order valence-electron chi connectivity index (χ0n) is 12.0. The highest BCUT2D eigenvalue weighted by Gasteiger charge is 2.17. The molecule has 0 amide bonds. The lowest BCUT2D eigenvalue weighted by molar-refractivity contribution is 0.606. The van der Waals surface area contributed by atoms with Crippen molar-refractivity contribution in [1.82, 2.24) is 5.32 Å². The Balaban J connectivity index is 2.48. The summed E-state index contributed by atoms with van der Waals surface area (Å²) < 4.78 is 13.6. The average molecular weight is 292 g/mol. The van der Waals surface area contributed by atoms with Gasteiger partial charge >= 0.3 is 0 Å². The summed E-state index contributed by atoms with van der Waals surface area (Å²) in [5, 5.41) is 3.87. The first-order chi connectivity index (χ1) is 9.52. The molecule has 2 aromatic carbocycles. The molecular weight excluding hydrogens is 273 g/mol. The summed E-state index contributed by atoms with van der Waals surface area (Å²) in [5.41, 5.74) is 3.87. The first-order valence-corrected chi connectivity index (χ1v) is 7.16. The third-order valence-corrected chi connectivity index (χ3v) is 3.74. The van der Waals surface area contributed by atoms with Crippen molar-refractivity contribution in [3.63, 3.8) is 0 Å². The number of hydrogen-bond donors (Lipinski definition) is 1. The zero-order chi connectivity index (χ0) is 14.7. The predicted molar refractivity (Wildman–Crippen MR) is 82.8 cm³/mol. The van der Waals surface area contributed by atoms with Gasteiger partial charge in [0.2, 0.25) is 0 Å². The summed E-state index contributed by atoms with van der Waals surface area (Å²) in [6.07, 6.45) is 0. The second-order valence-corrected chi connectivity index (χ2v) is 5.43. The smallest absolute Gasteiger partial charge is 0.127 e. The fourth-order valence-corrected chi connectivity index (χ4v) is 2.53. The van der Waals surface area contributed by atoms with E-state index >= 15 is 0 Å². The van der Waals surface area contributed by atoms with Crippen molar-refractivity contribution in [1.29, 1.82) is 0 Å². The molecule has 1 unspecified atom stereocenters. The van der Waals surface area contributed by atoms with Crippen LogP contribution in [-0.2, 0) is 0 Å². The van der Waals surface area contributed by atoms with Gasteiger partial charge < -0.3 is 5.32 Å². The lowest BCUT2D eigenvalue weighted by atomic mass is 9.96. The SMILES string of the molecule is CCNC(c1ccc(C)cc1)c1cc(C)c(F)cc1Cl. The molecule has 0 aliphatic rings. The minimum Gasteiger partial charge on any atom is -0.306 e. The number of benzene rings is 2. The van der Waals surface area contributed by atoms with Gasteiger partial charge in [0, 0.05) is 5.02 Å². The van der Waals surface area contributed by atoms with Crippen LogP contribution in [0.15, 0.2) is 36.4 Å². The van der Waals surface area contributed by atoms with Crippen LogP contribution in [0, 0.1) is 19.7 Å². The van der Waals surface area contributed by atoms with Crippen LogP contribution < -0.4 is 5.32 Å². The third kappa shape index (κ3) is 3.20. The minimum atomic E-state index is -0.266. The van der Waals surface area contributed by atoms with Crippen LogP contribution in [0.5, 0.6) is 0 Å². The van der Waals surface area contributed by atoms with Crippen molar-refractivity contribution in [3.05, 3.63) is 69.5 Å². The zero-order valence-corrected chi connectivity index (χ0v) is 12.8. The molecule has 1 atom stereocenters. The van der Waals surface area contributed by atoms with Gasteiger partial charge in [-0.2, -0.15) is 0 Å². The Hall–Kier alpha value is -1.38. The van der Waals surface area contributed by atoms with Crippen LogP contribution in [0.4, 0.5) is 4.39 Å². The van der Waals surface area contributed by atoms with E-state index in [1.807, 2.05) is 13.0 Å². The molecule has 3 heteroatoms. The van der Waals surface area contributed by atoms with Gasteiger partial charge in [-0.15, -0.1) is 0 Å².